The Balaban J connectivity index is 2.75. The van der Waals surface area contributed by atoms with Crippen molar-refractivity contribution in [3.05, 3.63) is 0 Å². The maximum absolute atomic E-state index is 11.9. The van der Waals surface area contributed by atoms with E-state index in [1.54, 1.807) is 13.8 Å². The van der Waals surface area contributed by atoms with Gasteiger partial charge < -0.3 is 0 Å². The van der Waals surface area contributed by atoms with Crippen LogP contribution in [0.4, 0.5) is 0 Å². The summed E-state index contributed by atoms with van der Waals surface area (Å²) in [4.78, 5) is 11.9. The Hall–Kier alpha value is 0.160. The van der Waals surface area contributed by atoms with Crippen LogP contribution in [0.1, 0.15) is 47.0 Å². The average Bonchev–Trinajstić information content (AvgIpc) is 2.17. The molecular formula is C12H25INO2-. The van der Waals surface area contributed by atoms with Crippen molar-refractivity contribution in [2.24, 2.45) is 5.73 Å². The van der Waals surface area contributed by atoms with E-state index in [0.717, 1.165) is 8.86 Å². The average molecular weight is 342 g/mol. The Labute approximate surface area is 104 Å². The molecule has 0 aliphatic carbocycles. The Kier molecular flexibility index (Phi) is 4.63. The summed E-state index contributed by atoms with van der Waals surface area (Å²) in [5.41, 5.74) is 4.96. The van der Waals surface area contributed by atoms with Crippen LogP contribution in [0, 0.1) is 0 Å². The second-order valence-electron chi connectivity index (χ2n) is 5.34. The van der Waals surface area contributed by atoms with Gasteiger partial charge >= 0.3 is 104 Å². The van der Waals surface area contributed by atoms with Gasteiger partial charge in [0, 0.05) is 0 Å². The van der Waals surface area contributed by atoms with Crippen LogP contribution in [0.2, 0.25) is 0 Å². The molecule has 2 N–H and O–H groups in total. The predicted molar refractivity (Wildman–Crippen MR) is 63.1 cm³/mol. The van der Waals surface area contributed by atoms with Crippen LogP contribution in [0.3, 0.4) is 0 Å². The van der Waals surface area contributed by atoms with Crippen LogP contribution in [0.25, 0.3) is 0 Å². The van der Waals surface area contributed by atoms with E-state index in [0.29, 0.717) is 3.92 Å². The standard InChI is InChI=1S/C12H25INO2/c1-10(2)13(8-6-5-7-9-13)16-11(15)12(3,4)14/h10H,5-9,14H2,1-4H3/q-1. The summed E-state index contributed by atoms with van der Waals surface area (Å²) in [5, 5.41) is 0. The maximum atomic E-state index is 11.9. The van der Waals surface area contributed by atoms with Gasteiger partial charge in [-0.2, -0.15) is 0 Å². The second-order valence-corrected chi connectivity index (χ2v) is 15.0. The minimum atomic E-state index is -2.33. The SMILES string of the molecule is CC(C)[I-]1(OC(=O)C(C)(C)N)CCCCC1. The Morgan fingerprint density at radius 1 is 1.25 bits per heavy atom. The number of alkyl halides is 3. The minimum absolute atomic E-state index is 0.195. The molecule has 0 atom stereocenters. The fourth-order valence-electron chi connectivity index (χ4n) is 1.75. The Morgan fingerprint density at radius 2 is 1.75 bits per heavy atom. The molecule has 0 amide bonds. The first kappa shape index (κ1) is 14.2. The van der Waals surface area contributed by atoms with Gasteiger partial charge in [0.2, 0.25) is 0 Å². The summed E-state index contributed by atoms with van der Waals surface area (Å²) in [6, 6.07) is 0. The van der Waals surface area contributed by atoms with E-state index in [4.69, 9.17) is 8.80 Å². The van der Waals surface area contributed by atoms with Crippen LogP contribution >= 0.6 is 0 Å². The summed E-state index contributed by atoms with van der Waals surface area (Å²) in [7, 11) is 0. The zero-order valence-electron chi connectivity index (χ0n) is 10.9. The zero-order chi connectivity index (χ0) is 12.4. The van der Waals surface area contributed by atoms with Crippen LogP contribution < -0.4 is 24.6 Å². The molecule has 0 unspecified atom stereocenters. The molecule has 0 radical (unpaired) electrons. The van der Waals surface area contributed by atoms with E-state index in [1.807, 2.05) is 0 Å². The van der Waals surface area contributed by atoms with Gasteiger partial charge in [-0.25, -0.2) is 0 Å². The third kappa shape index (κ3) is 3.32. The molecule has 0 aromatic carbocycles. The topological polar surface area (TPSA) is 52.3 Å². The molecule has 16 heavy (non-hydrogen) atoms. The molecule has 1 aliphatic heterocycles. The number of hydrogen-bond acceptors (Lipinski definition) is 3. The first-order valence-electron chi connectivity index (χ1n) is 6.01. The molecule has 0 saturated carbocycles. The molecule has 98 valence electrons. The molecule has 1 fully saturated rings. The quantitative estimate of drug-likeness (QED) is 0.525. The van der Waals surface area contributed by atoms with Crippen LogP contribution in [0.15, 0.2) is 0 Å². The molecule has 1 aliphatic rings. The number of hydrogen-bond donors (Lipinski definition) is 1. The molecule has 0 aromatic rings. The summed E-state index contributed by atoms with van der Waals surface area (Å²) < 4.78 is 8.78. The Bertz CT molecular complexity index is 252. The number of carbonyl (C=O) groups excluding carboxylic acids is 1. The summed E-state index contributed by atoms with van der Waals surface area (Å²) in [5.74, 6) is -0.195. The number of carbonyl (C=O) groups is 1. The van der Waals surface area contributed by atoms with Gasteiger partial charge in [-0.3, -0.25) is 0 Å². The van der Waals surface area contributed by atoms with Crippen LogP contribution in [0.5, 0.6) is 0 Å². The molecule has 0 spiro atoms. The molecule has 1 rings (SSSR count). The van der Waals surface area contributed by atoms with E-state index in [-0.39, 0.29) is 5.97 Å². The van der Waals surface area contributed by atoms with Gasteiger partial charge in [0.1, 0.15) is 0 Å². The van der Waals surface area contributed by atoms with Gasteiger partial charge in [-0.1, -0.05) is 0 Å². The van der Waals surface area contributed by atoms with Gasteiger partial charge in [0.25, 0.3) is 0 Å². The molecule has 0 aromatic heterocycles. The van der Waals surface area contributed by atoms with Gasteiger partial charge in [-0.05, 0) is 0 Å². The summed E-state index contributed by atoms with van der Waals surface area (Å²) in [6.07, 6.45) is 3.75. The first-order chi connectivity index (χ1) is 7.28. The van der Waals surface area contributed by atoms with Gasteiger partial charge in [0.15, 0.2) is 0 Å². The molecule has 4 heteroatoms. The fourth-order valence-corrected chi connectivity index (χ4v) is 10.8. The Morgan fingerprint density at radius 3 is 2.12 bits per heavy atom. The van der Waals surface area contributed by atoms with E-state index >= 15 is 0 Å². The van der Waals surface area contributed by atoms with E-state index in [2.05, 4.69) is 13.8 Å². The van der Waals surface area contributed by atoms with Crippen molar-refractivity contribution in [3.8, 4) is 0 Å². The van der Waals surface area contributed by atoms with Crippen molar-refractivity contribution in [1.29, 1.82) is 0 Å². The van der Waals surface area contributed by atoms with Crippen molar-refractivity contribution < 1.29 is 26.7 Å². The normalized spacial score (nSPS) is 22.9. The zero-order valence-corrected chi connectivity index (χ0v) is 13.0. The van der Waals surface area contributed by atoms with E-state index in [9.17, 15) is 4.79 Å². The second kappa shape index (κ2) is 5.21. The fraction of sp³-hybridized carbons (Fsp3) is 0.917. The number of halogens is 1. The first-order valence-corrected chi connectivity index (χ1v) is 11.2. The molecule has 3 nitrogen and oxygen atoms in total. The molecule has 1 heterocycles. The third-order valence-electron chi connectivity index (χ3n) is 2.95. The van der Waals surface area contributed by atoms with Gasteiger partial charge in [-0.15, -0.1) is 0 Å². The molecular weight excluding hydrogens is 317 g/mol. The van der Waals surface area contributed by atoms with Gasteiger partial charge in [0.05, 0.1) is 0 Å². The van der Waals surface area contributed by atoms with Crippen molar-refractivity contribution in [1.82, 2.24) is 0 Å². The molecule has 1 saturated heterocycles. The predicted octanol–water partition coefficient (Wildman–Crippen LogP) is -1.07. The van der Waals surface area contributed by atoms with Crippen LogP contribution in [-0.2, 0) is 7.86 Å². The number of nitrogens with two attached hydrogens (primary N) is 1. The van der Waals surface area contributed by atoms with Crippen LogP contribution in [-0.4, -0.2) is 24.3 Å². The molecule has 0 bridgehead atoms. The van der Waals surface area contributed by atoms with Crippen molar-refractivity contribution in [2.45, 2.75) is 56.4 Å². The van der Waals surface area contributed by atoms with Crippen molar-refractivity contribution in [2.75, 3.05) is 8.86 Å². The van der Waals surface area contributed by atoms with E-state index < -0.39 is 24.4 Å². The van der Waals surface area contributed by atoms with E-state index in [1.165, 1.54) is 19.3 Å². The summed E-state index contributed by atoms with van der Waals surface area (Å²) >= 11 is -2.33. The monoisotopic (exact) mass is 342 g/mol. The third-order valence-corrected chi connectivity index (χ3v) is 13.9. The number of rotatable bonds is 3. The van der Waals surface area contributed by atoms with Crippen molar-refractivity contribution >= 4 is 5.97 Å². The van der Waals surface area contributed by atoms with Crippen molar-refractivity contribution in [3.63, 3.8) is 0 Å². The summed E-state index contributed by atoms with van der Waals surface area (Å²) in [6.45, 7) is 7.87.